The lowest BCUT2D eigenvalue weighted by Gasteiger charge is -2.35. The molecule has 0 aromatic heterocycles. The zero-order valence-electron chi connectivity index (χ0n) is 21.5. The van der Waals surface area contributed by atoms with Crippen LogP contribution in [0.5, 0.6) is 11.5 Å². The van der Waals surface area contributed by atoms with E-state index < -0.39 is 24.0 Å². The number of likely N-dealkylation sites (tertiary alicyclic amines) is 1. The van der Waals surface area contributed by atoms with Crippen LogP contribution in [0.25, 0.3) is 0 Å². The van der Waals surface area contributed by atoms with Crippen LogP contribution in [-0.4, -0.2) is 42.1 Å². The number of carbonyl (C=O) groups is 3. The predicted octanol–water partition coefficient (Wildman–Crippen LogP) is 4.27. The van der Waals surface area contributed by atoms with Gasteiger partial charge >= 0.3 is 5.97 Å². The van der Waals surface area contributed by atoms with E-state index in [2.05, 4.69) is 5.32 Å². The number of amides is 2. The molecule has 3 aliphatic rings. The average molecular weight is 525 g/mol. The lowest BCUT2D eigenvalue weighted by atomic mass is 9.87. The van der Waals surface area contributed by atoms with Gasteiger partial charge in [0.2, 0.25) is 18.6 Å². The Bertz CT molecular complexity index is 1180. The molecule has 0 radical (unpaired) electrons. The first-order valence-electron chi connectivity index (χ1n) is 13.4. The molecule has 2 amide bonds. The fourth-order valence-corrected chi connectivity index (χ4v) is 5.83. The van der Waals surface area contributed by atoms with Crippen LogP contribution in [0.1, 0.15) is 62.6 Å². The standard InChI is InChI=1S/C29H33FN2O6/c1-2-36-29(35)22-15-23(27(33)31-16-18-8-11-21(30)12-9-18)32(28(34)19-6-4-3-5-7-19)26(22)20-10-13-24-25(14-20)38-17-37-24/h8-14,19,22-23,26H,2-7,15-17H2,1H3,(H,31,33). The summed E-state index contributed by atoms with van der Waals surface area (Å²) in [6.07, 6.45) is 4.67. The predicted molar refractivity (Wildman–Crippen MR) is 136 cm³/mol. The topological polar surface area (TPSA) is 94.2 Å². The number of nitrogens with one attached hydrogen (secondary N) is 1. The van der Waals surface area contributed by atoms with E-state index in [1.54, 1.807) is 36.1 Å². The second-order valence-corrected chi connectivity index (χ2v) is 10.1. The Kier molecular flexibility index (Phi) is 7.81. The van der Waals surface area contributed by atoms with Gasteiger partial charge in [-0.05, 0) is 61.6 Å². The quantitative estimate of drug-likeness (QED) is 0.544. The third-order valence-corrected chi connectivity index (χ3v) is 7.71. The molecule has 5 rings (SSSR count). The number of rotatable bonds is 7. The van der Waals surface area contributed by atoms with Crippen molar-refractivity contribution in [1.82, 2.24) is 10.2 Å². The molecule has 1 N–H and O–H groups in total. The number of carbonyl (C=O) groups excluding carboxylic acids is 3. The van der Waals surface area contributed by atoms with Crippen LogP contribution in [0, 0.1) is 17.7 Å². The molecule has 3 atom stereocenters. The van der Waals surface area contributed by atoms with E-state index in [9.17, 15) is 18.8 Å². The van der Waals surface area contributed by atoms with Gasteiger partial charge in [0.1, 0.15) is 11.9 Å². The van der Waals surface area contributed by atoms with E-state index in [0.29, 0.717) is 17.1 Å². The van der Waals surface area contributed by atoms with Crippen molar-refractivity contribution >= 4 is 17.8 Å². The van der Waals surface area contributed by atoms with Crippen molar-refractivity contribution in [2.24, 2.45) is 11.8 Å². The molecule has 3 unspecified atom stereocenters. The number of benzene rings is 2. The molecule has 2 aromatic carbocycles. The van der Waals surface area contributed by atoms with Crippen molar-refractivity contribution in [2.45, 2.75) is 64.1 Å². The maximum Gasteiger partial charge on any atom is 0.311 e. The monoisotopic (exact) mass is 524 g/mol. The Hall–Kier alpha value is -3.62. The van der Waals surface area contributed by atoms with Crippen molar-refractivity contribution < 1.29 is 33.0 Å². The van der Waals surface area contributed by atoms with Crippen LogP contribution in [0.2, 0.25) is 0 Å². The van der Waals surface area contributed by atoms with Crippen LogP contribution >= 0.6 is 0 Å². The summed E-state index contributed by atoms with van der Waals surface area (Å²) < 4.78 is 29.8. The maximum atomic E-state index is 14.1. The second-order valence-electron chi connectivity index (χ2n) is 10.1. The Morgan fingerprint density at radius 2 is 1.76 bits per heavy atom. The minimum Gasteiger partial charge on any atom is -0.466 e. The summed E-state index contributed by atoms with van der Waals surface area (Å²) in [5.74, 6) is -1.04. The SMILES string of the molecule is CCOC(=O)C1CC(C(=O)NCc2ccc(F)cc2)N(C(=O)C2CCCCC2)C1c1ccc2c(c1)OCO2. The number of halogens is 1. The van der Waals surface area contributed by atoms with Gasteiger partial charge in [0.15, 0.2) is 11.5 Å². The summed E-state index contributed by atoms with van der Waals surface area (Å²) >= 11 is 0. The molecule has 9 heteroatoms. The maximum absolute atomic E-state index is 14.1. The van der Waals surface area contributed by atoms with Gasteiger partial charge in [-0.2, -0.15) is 0 Å². The smallest absolute Gasteiger partial charge is 0.311 e. The lowest BCUT2D eigenvalue weighted by molar-refractivity contribution is -0.150. The number of hydrogen-bond donors (Lipinski definition) is 1. The van der Waals surface area contributed by atoms with Crippen molar-refractivity contribution in [2.75, 3.05) is 13.4 Å². The molecule has 1 saturated heterocycles. The molecule has 8 nitrogen and oxygen atoms in total. The van der Waals surface area contributed by atoms with Gasteiger partial charge in [-0.1, -0.05) is 37.5 Å². The molecule has 38 heavy (non-hydrogen) atoms. The molecule has 2 aromatic rings. The highest BCUT2D eigenvalue weighted by atomic mass is 19.1. The van der Waals surface area contributed by atoms with Gasteiger partial charge in [-0.15, -0.1) is 0 Å². The van der Waals surface area contributed by atoms with Crippen LogP contribution in [0.4, 0.5) is 4.39 Å². The van der Waals surface area contributed by atoms with Crippen LogP contribution in [-0.2, 0) is 25.7 Å². The van der Waals surface area contributed by atoms with E-state index in [1.807, 2.05) is 6.07 Å². The van der Waals surface area contributed by atoms with Gasteiger partial charge in [0.05, 0.1) is 18.6 Å². The summed E-state index contributed by atoms with van der Waals surface area (Å²) in [5, 5.41) is 2.90. The lowest BCUT2D eigenvalue weighted by Crippen LogP contribution is -2.49. The molecule has 202 valence electrons. The summed E-state index contributed by atoms with van der Waals surface area (Å²) in [6.45, 7) is 2.21. The number of ether oxygens (including phenoxy) is 3. The normalized spacial score (nSPS) is 22.8. The second kappa shape index (κ2) is 11.4. The molecule has 0 spiro atoms. The third kappa shape index (κ3) is 5.33. The van der Waals surface area contributed by atoms with Gasteiger partial charge in [0, 0.05) is 12.5 Å². The van der Waals surface area contributed by atoms with Gasteiger partial charge in [-0.3, -0.25) is 14.4 Å². The largest absolute Gasteiger partial charge is 0.466 e. The zero-order chi connectivity index (χ0) is 26.6. The van der Waals surface area contributed by atoms with E-state index in [4.69, 9.17) is 14.2 Å². The van der Waals surface area contributed by atoms with Crippen LogP contribution in [0.15, 0.2) is 42.5 Å². The summed E-state index contributed by atoms with van der Waals surface area (Å²) in [4.78, 5) is 42.5. The minimum atomic E-state index is -0.852. The molecule has 2 aliphatic heterocycles. The molecule has 2 fully saturated rings. The summed E-state index contributed by atoms with van der Waals surface area (Å²) in [7, 11) is 0. The number of hydrogen-bond acceptors (Lipinski definition) is 6. The molecule has 1 aliphatic carbocycles. The number of fused-ring (bicyclic) bond motifs is 1. The number of nitrogens with zero attached hydrogens (tertiary/aromatic N) is 1. The highest BCUT2D eigenvalue weighted by molar-refractivity contribution is 5.91. The Morgan fingerprint density at radius 3 is 2.50 bits per heavy atom. The summed E-state index contributed by atoms with van der Waals surface area (Å²) in [5.41, 5.74) is 1.43. The van der Waals surface area contributed by atoms with Gasteiger partial charge in [-0.25, -0.2) is 4.39 Å². The highest BCUT2D eigenvalue weighted by Gasteiger charge is 2.52. The molecule has 2 heterocycles. The Labute approximate surface area is 221 Å². The third-order valence-electron chi connectivity index (χ3n) is 7.71. The summed E-state index contributed by atoms with van der Waals surface area (Å²) in [6, 6.07) is 9.73. The molecule has 1 saturated carbocycles. The van der Waals surface area contributed by atoms with Crippen molar-refractivity contribution in [3.05, 3.63) is 59.4 Å². The van der Waals surface area contributed by atoms with E-state index in [0.717, 1.165) is 37.7 Å². The Morgan fingerprint density at radius 1 is 1.03 bits per heavy atom. The fraction of sp³-hybridized carbons (Fsp3) is 0.483. The van der Waals surface area contributed by atoms with Crippen LogP contribution < -0.4 is 14.8 Å². The fourth-order valence-electron chi connectivity index (χ4n) is 5.83. The minimum absolute atomic E-state index is 0.101. The first-order chi connectivity index (χ1) is 18.5. The van der Waals surface area contributed by atoms with Crippen molar-refractivity contribution in [3.8, 4) is 11.5 Å². The van der Waals surface area contributed by atoms with E-state index in [-0.39, 0.29) is 49.9 Å². The van der Waals surface area contributed by atoms with Crippen molar-refractivity contribution in [3.63, 3.8) is 0 Å². The molecule has 0 bridgehead atoms. The average Bonchev–Trinajstić information content (AvgIpc) is 3.57. The number of esters is 1. The van der Waals surface area contributed by atoms with Gasteiger partial charge < -0.3 is 24.4 Å². The highest BCUT2D eigenvalue weighted by Crippen LogP contribution is 2.46. The van der Waals surface area contributed by atoms with E-state index >= 15 is 0 Å². The molecular formula is C29H33FN2O6. The first kappa shape index (κ1) is 26.0. The Balaban J connectivity index is 1.48. The van der Waals surface area contributed by atoms with Crippen molar-refractivity contribution in [1.29, 1.82) is 0 Å². The van der Waals surface area contributed by atoms with E-state index in [1.165, 1.54) is 12.1 Å². The molecular weight excluding hydrogens is 491 g/mol. The first-order valence-corrected chi connectivity index (χ1v) is 13.4. The zero-order valence-corrected chi connectivity index (χ0v) is 21.5. The van der Waals surface area contributed by atoms with Gasteiger partial charge in [0.25, 0.3) is 0 Å². The van der Waals surface area contributed by atoms with Crippen LogP contribution in [0.3, 0.4) is 0 Å².